The van der Waals surface area contributed by atoms with Crippen molar-refractivity contribution in [2.75, 3.05) is 36.5 Å². The van der Waals surface area contributed by atoms with Crippen LogP contribution in [0.25, 0.3) is 0 Å². The molecule has 1 aliphatic heterocycles. The third-order valence-corrected chi connectivity index (χ3v) is 5.34. The molecule has 0 radical (unpaired) electrons. The molecule has 3 rings (SSSR count). The third-order valence-electron chi connectivity index (χ3n) is 4.26. The maximum atomic E-state index is 12.6. The minimum absolute atomic E-state index is 0.179. The van der Waals surface area contributed by atoms with Gasteiger partial charge in [-0.05, 0) is 26.0 Å². The summed E-state index contributed by atoms with van der Waals surface area (Å²) < 4.78 is 7.41. The van der Waals surface area contributed by atoms with Gasteiger partial charge in [-0.1, -0.05) is 23.9 Å². The molecule has 0 spiro atoms. The Bertz CT molecular complexity index is 841. The number of amides is 1. The predicted molar refractivity (Wildman–Crippen MR) is 104 cm³/mol. The lowest BCUT2D eigenvalue weighted by atomic mass is 10.2. The van der Waals surface area contributed by atoms with Crippen molar-refractivity contribution in [1.29, 1.82) is 5.26 Å². The lowest BCUT2D eigenvalue weighted by molar-refractivity contribution is -0.115. The fraction of sp³-hybridized carbons (Fsp3) is 0.444. The maximum Gasteiger partial charge on any atom is 0.237 e. The number of thioether (sulfide) groups is 1. The van der Waals surface area contributed by atoms with E-state index in [1.807, 2.05) is 18.4 Å². The standard InChI is InChI=1S/C18H22N6O2S/c1-3-24-17(23-8-10-26-11-9-23)21-22-18(24)27-13(2)16(25)20-15-7-5-4-6-14(15)12-19/h4-7,13H,3,8-11H2,1-2H3,(H,20,25)/t13-/m1/s1. The molecule has 1 N–H and O–H groups in total. The van der Waals surface area contributed by atoms with E-state index in [0.717, 1.165) is 19.0 Å². The molecule has 1 aliphatic rings. The summed E-state index contributed by atoms with van der Waals surface area (Å²) in [7, 11) is 0. The number of nitrogens with zero attached hydrogens (tertiary/aromatic N) is 5. The van der Waals surface area contributed by atoms with Crippen LogP contribution >= 0.6 is 11.8 Å². The van der Waals surface area contributed by atoms with Gasteiger partial charge in [-0.15, -0.1) is 10.2 Å². The molecule has 8 nitrogen and oxygen atoms in total. The minimum atomic E-state index is -0.385. The Morgan fingerprint density at radius 3 is 2.81 bits per heavy atom. The average Bonchev–Trinajstić information content (AvgIpc) is 3.11. The summed E-state index contributed by atoms with van der Waals surface area (Å²) in [6, 6.07) is 9.04. The van der Waals surface area contributed by atoms with Crippen molar-refractivity contribution in [3.63, 3.8) is 0 Å². The number of nitriles is 1. The number of carbonyl (C=O) groups excluding carboxylic acids is 1. The van der Waals surface area contributed by atoms with E-state index in [0.29, 0.717) is 36.2 Å². The highest BCUT2D eigenvalue weighted by Gasteiger charge is 2.23. The first kappa shape index (κ1) is 19.2. The van der Waals surface area contributed by atoms with Crippen LogP contribution in [0.5, 0.6) is 0 Å². The Kier molecular flexibility index (Phi) is 6.32. The van der Waals surface area contributed by atoms with Crippen LogP contribution < -0.4 is 10.2 Å². The van der Waals surface area contributed by atoms with Crippen LogP contribution in [0.3, 0.4) is 0 Å². The molecule has 2 aromatic rings. The Morgan fingerprint density at radius 2 is 2.11 bits per heavy atom. The van der Waals surface area contributed by atoms with Crippen molar-refractivity contribution in [2.24, 2.45) is 0 Å². The molecule has 0 aliphatic carbocycles. The smallest absolute Gasteiger partial charge is 0.237 e. The maximum absolute atomic E-state index is 12.6. The Hall–Kier alpha value is -2.57. The Labute approximate surface area is 162 Å². The second kappa shape index (κ2) is 8.88. The van der Waals surface area contributed by atoms with E-state index < -0.39 is 0 Å². The molecule has 0 unspecified atom stereocenters. The number of morpholine rings is 1. The molecule has 9 heteroatoms. The van der Waals surface area contributed by atoms with Crippen molar-refractivity contribution >= 4 is 29.3 Å². The van der Waals surface area contributed by atoms with Crippen molar-refractivity contribution in [3.8, 4) is 6.07 Å². The van der Waals surface area contributed by atoms with Gasteiger partial charge in [0, 0.05) is 19.6 Å². The van der Waals surface area contributed by atoms with Crippen molar-refractivity contribution in [3.05, 3.63) is 29.8 Å². The first-order valence-corrected chi connectivity index (χ1v) is 9.74. The first-order chi connectivity index (χ1) is 13.1. The van der Waals surface area contributed by atoms with Gasteiger partial charge >= 0.3 is 0 Å². The molecule has 1 fully saturated rings. The van der Waals surface area contributed by atoms with Crippen LogP contribution in [0.15, 0.2) is 29.4 Å². The number of carbonyl (C=O) groups is 1. The summed E-state index contributed by atoms with van der Waals surface area (Å²) in [5.41, 5.74) is 0.956. The molecule has 2 heterocycles. The molecule has 1 amide bonds. The lowest BCUT2D eigenvalue weighted by Gasteiger charge is -2.27. The summed E-state index contributed by atoms with van der Waals surface area (Å²) in [6.45, 7) is 7.48. The zero-order valence-corrected chi connectivity index (χ0v) is 16.2. The van der Waals surface area contributed by atoms with Crippen LogP contribution in [0, 0.1) is 11.3 Å². The van der Waals surface area contributed by atoms with Crippen molar-refractivity contribution < 1.29 is 9.53 Å². The zero-order valence-electron chi connectivity index (χ0n) is 15.4. The summed E-state index contributed by atoms with van der Waals surface area (Å²) in [6.07, 6.45) is 0. The zero-order chi connectivity index (χ0) is 19.2. The van der Waals surface area contributed by atoms with Crippen molar-refractivity contribution in [2.45, 2.75) is 30.8 Å². The molecule has 142 valence electrons. The van der Waals surface area contributed by atoms with Gasteiger partial charge < -0.3 is 15.0 Å². The van der Waals surface area contributed by atoms with Gasteiger partial charge in [0.1, 0.15) is 6.07 Å². The third kappa shape index (κ3) is 4.40. The number of nitrogens with one attached hydrogen (secondary N) is 1. The van der Waals surface area contributed by atoms with Crippen LogP contribution in [0.4, 0.5) is 11.6 Å². The first-order valence-electron chi connectivity index (χ1n) is 8.86. The molecule has 1 saturated heterocycles. The van der Waals surface area contributed by atoms with E-state index in [-0.39, 0.29) is 11.2 Å². The summed E-state index contributed by atoms with van der Waals surface area (Å²) in [5.74, 6) is 0.631. The monoisotopic (exact) mass is 386 g/mol. The van der Waals surface area contributed by atoms with Crippen LogP contribution in [0.1, 0.15) is 19.4 Å². The molecular formula is C18H22N6O2S. The number of rotatable bonds is 6. The number of hydrogen-bond acceptors (Lipinski definition) is 7. The topological polar surface area (TPSA) is 96.1 Å². The molecule has 0 bridgehead atoms. The number of anilines is 2. The second-order valence-electron chi connectivity index (χ2n) is 6.03. The van der Waals surface area contributed by atoms with Gasteiger partial charge in [-0.25, -0.2) is 0 Å². The van der Waals surface area contributed by atoms with Gasteiger partial charge in [0.2, 0.25) is 11.9 Å². The van der Waals surface area contributed by atoms with E-state index in [4.69, 9.17) is 10.00 Å². The Morgan fingerprint density at radius 1 is 1.37 bits per heavy atom. The van der Waals surface area contributed by atoms with E-state index in [1.165, 1.54) is 11.8 Å². The normalized spacial score (nSPS) is 15.2. The molecule has 1 aromatic heterocycles. The van der Waals surface area contributed by atoms with Crippen LogP contribution in [-0.4, -0.2) is 52.2 Å². The lowest BCUT2D eigenvalue weighted by Crippen LogP contribution is -2.38. The largest absolute Gasteiger partial charge is 0.378 e. The number of ether oxygens (including phenoxy) is 1. The van der Waals surface area contributed by atoms with E-state index in [9.17, 15) is 4.79 Å². The van der Waals surface area contributed by atoms with Crippen molar-refractivity contribution in [1.82, 2.24) is 14.8 Å². The van der Waals surface area contributed by atoms with Gasteiger partial charge in [0.05, 0.1) is 29.7 Å². The fourth-order valence-corrected chi connectivity index (χ4v) is 3.69. The average molecular weight is 386 g/mol. The Balaban J connectivity index is 1.70. The van der Waals surface area contributed by atoms with E-state index in [1.54, 1.807) is 24.3 Å². The molecule has 1 aromatic carbocycles. The van der Waals surface area contributed by atoms with E-state index >= 15 is 0 Å². The fourth-order valence-electron chi connectivity index (χ4n) is 2.78. The quantitative estimate of drug-likeness (QED) is 0.760. The SMILES string of the molecule is CCn1c(S[C@H](C)C(=O)Nc2ccccc2C#N)nnc1N1CCOCC1. The summed E-state index contributed by atoms with van der Waals surface area (Å²) in [4.78, 5) is 14.7. The second-order valence-corrected chi connectivity index (χ2v) is 7.34. The van der Waals surface area contributed by atoms with Gasteiger partial charge in [0.15, 0.2) is 5.16 Å². The minimum Gasteiger partial charge on any atom is -0.378 e. The van der Waals surface area contributed by atoms with Crippen LogP contribution in [0.2, 0.25) is 0 Å². The highest BCUT2D eigenvalue weighted by molar-refractivity contribution is 8.00. The number of benzene rings is 1. The van der Waals surface area contributed by atoms with Gasteiger partial charge in [-0.3, -0.25) is 9.36 Å². The molecule has 0 saturated carbocycles. The summed E-state index contributed by atoms with van der Waals surface area (Å²) >= 11 is 1.36. The van der Waals surface area contributed by atoms with Crippen LogP contribution in [-0.2, 0) is 16.1 Å². The van der Waals surface area contributed by atoms with Gasteiger partial charge in [0.25, 0.3) is 0 Å². The summed E-state index contributed by atoms with van der Waals surface area (Å²) in [5, 5.41) is 20.9. The number of hydrogen-bond donors (Lipinski definition) is 1. The predicted octanol–water partition coefficient (Wildman–Crippen LogP) is 2.13. The number of aromatic nitrogens is 3. The molecular weight excluding hydrogens is 364 g/mol. The number of para-hydroxylation sites is 1. The van der Waals surface area contributed by atoms with Gasteiger partial charge in [-0.2, -0.15) is 5.26 Å². The highest BCUT2D eigenvalue weighted by Crippen LogP contribution is 2.27. The molecule has 1 atom stereocenters. The van der Waals surface area contributed by atoms with E-state index in [2.05, 4.69) is 26.5 Å². The molecule has 27 heavy (non-hydrogen) atoms. The highest BCUT2D eigenvalue weighted by atomic mass is 32.2.